The summed E-state index contributed by atoms with van der Waals surface area (Å²) in [5.41, 5.74) is -0.0438. The maximum Gasteiger partial charge on any atom is 0.431 e. The van der Waals surface area contributed by atoms with Crippen LogP contribution in [0.4, 0.5) is 4.79 Å². The van der Waals surface area contributed by atoms with Gasteiger partial charge in [-0.3, -0.25) is 0 Å². The Morgan fingerprint density at radius 1 is 1.26 bits per heavy atom. The number of carbonyl (C=O) groups excluding carboxylic acids is 2. The molecule has 0 N–H and O–H groups in total. The molecule has 10 heteroatoms. The SMILES string of the molecule is CCOC(=O)N1N=C(c2nnnn2-c2ccccc2)CCC1(C)C(=O)OC. The van der Waals surface area contributed by atoms with Gasteiger partial charge in [0.2, 0.25) is 5.82 Å². The van der Waals surface area contributed by atoms with Crippen molar-refractivity contribution in [1.29, 1.82) is 0 Å². The monoisotopic (exact) mass is 372 g/mol. The number of rotatable bonds is 4. The van der Waals surface area contributed by atoms with Crippen molar-refractivity contribution in [3.05, 3.63) is 36.2 Å². The first kappa shape index (κ1) is 18.5. The van der Waals surface area contributed by atoms with Crippen molar-refractivity contribution < 1.29 is 19.1 Å². The Morgan fingerprint density at radius 3 is 2.67 bits per heavy atom. The highest BCUT2D eigenvalue weighted by atomic mass is 16.6. The van der Waals surface area contributed by atoms with Crippen LogP contribution in [-0.2, 0) is 14.3 Å². The number of aromatic nitrogens is 4. The van der Waals surface area contributed by atoms with E-state index in [0.29, 0.717) is 24.4 Å². The van der Waals surface area contributed by atoms with E-state index in [1.54, 1.807) is 13.8 Å². The molecule has 0 aliphatic carbocycles. The van der Waals surface area contributed by atoms with E-state index in [4.69, 9.17) is 9.47 Å². The predicted octanol–water partition coefficient (Wildman–Crippen LogP) is 1.55. The number of para-hydroxylation sites is 1. The minimum Gasteiger partial charge on any atom is -0.467 e. The van der Waals surface area contributed by atoms with Crippen LogP contribution in [0.15, 0.2) is 35.4 Å². The zero-order valence-corrected chi connectivity index (χ0v) is 15.3. The summed E-state index contributed by atoms with van der Waals surface area (Å²) in [6, 6.07) is 9.32. The summed E-state index contributed by atoms with van der Waals surface area (Å²) >= 11 is 0. The molecular weight excluding hydrogens is 352 g/mol. The molecule has 0 saturated carbocycles. The molecule has 2 aromatic rings. The van der Waals surface area contributed by atoms with Crippen molar-refractivity contribution in [2.45, 2.75) is 32.2 Å². The molecule has 1 aliphatic heterocycles. The smallest absolute Gasteiger partial charge is 0.431 e. The number of esters is 1. The third-order valence-corrected chi connectivity index (χ3v) is 4.33. The van der Waals surface area contributed by atoms with Gasteiger partial charge >= 0.3 is 12.1 Å². The number of benzene rings is 1. The minimum atomic E-state index is -1.27. The van der Waals surface area contributed by atoms with Gasteiger partial charge in [-0.15, -0.1) is 5.10 Å². The average molecular weight is 372 g/mol. The Balaban J connectivity index is 2.03. The van der Waals surface area contributed by atoms with Gasteiger partial charge in [0.25, 0.3) is 0 Å². The van der Waals surface area contributed by atoms with Crippen molar-refractivity contribution in [2.75, 3.05) is 13.7 Å². The van der Waals surface area contributed by atoms with Gasteiger partial charge in [0, 0.05) is 0 Å². The molecule has 1 unspecified atom stereocenters. The summed E-state index contributed by atoms with van der Waals surface area (Å²) in [4.78, 5) is 24.7. The predicted molar refractivity (Wildman–Crippen MR) is 94.2 cm³/mol. The fourth-order valence-electron chi connectivity index (χ4n) is 2.85. The number of hydrogen-bond acceptors (Lipinski definition) is 8. The Hall–Kier alpha value is -3.30. The molecule has 1 amide bonds. The van der Waals surface area contributed by atoms with Gasteiger partial charge in [-0.2, -0.15) is 14.8 Å². The summed E-state index contributed by atoms with van der Waals surface area (Å²) < 4.78 is 11.5. The quantitative estimate of drug-likeness (QED) is 0.748. The Morgan fingerprint density at radius 2 is 2.00 bits per heavy atom. The van der Waals surface area contributed by atoms with E-state index in [-0.39, 0.29) is 6.61 Å². The number of nitrogens with zero attached hydrogens (tertiary/aromatic N) is 6. The second-order valence-corrected chi connectivity index (χ2v) is 6.07. The highest BCUT2D eigenvalue weighted by molar-refractivity contribution is 6.00. The van der Waals surface area contributed by atoms with E-state index >= 15 is 0 Å². The lowest BCUT2D eigenvalue weighted by Gasteiger charge is -2.37. The molecule has 0 bridgehead atoms. The van der Waals surface area contributed by atoms with Crippen LogP contribution < -0.4 is 0 Å². The zero-order valence-electron chi connectivity index (χ0n) is 15.3. The van der Waals surface area contributed by atoms with Gasteiger partial charge in [0.1, 0.15) is 5.71 Å². The number of ether oxygens (including phenoxy) is 2. The second-order valence-electron chi connectivity index (χ2n) is 6.07. The highest BCUT2D eigenvalue weighted by Gasteiger charge is 2.48. The normalized spacial score (nSPS) is 19.4. The first-order chi connectivity index (χ1) is 13.0. The number of amides is 1. The zero-order chi connectivity index (χ0) is 19.4. The van der Waals surface area contributed by atoms with Crippen LogP contribution in [0.25, 0.3) is 5.69 Å². The molecule has 3 rings (SSSR count). The first-order valence-electron chi connectivity index (χ1n) is 8.48. The molecule has 142 valence electrons. The third-order valence-electron chi connectivity index (χ3n) is 4.33. The van der Waals surface area contributed by atoms with E-state index < -0.39 is 17.6 Å². The molecule has 27 heavy (non-hydrogen) atoms. The van der Waals surface area contributed by atoms with Gasteiger partial charge in [-0.25, -0.2) is 9.59 Å². The Labute approximate surface area is 155 Å². The molecule has 0 radical (unpaired) electrons. The van der Waals surface area contributed by atoms with E-state index in [9.17, 15) is 9.59 Å². The van der Waals surface area contributed by atoms with Crippen molar-refractivity contribution in [3.8, 4) is 5.69 Å². The molecule has 2 heterocycles. The van der Waals surface area contributed by atoms with Crippen LogP contribution in [0, 0.1) is 0 Å². The van der Waals surface area contributed by atoms with E-state index in [1.807, 2.05) is 30.3 Å². The standard InChI is InChI=1S/C17H20N6O4/c1-4-27-16(25)23-17(2,15(24)26-3)11-10-13(19-23)14-18-20-21-22(14)12-8-6-5-7-9-12/h5-9H,4,10-11H2,1-3H3. The summed E-state index contributed by atoms with van der Waals surface area (Å²) in [6.07, 6.45) is -0.0606. The molecular formula is C17H20N6O4. The Bertz CT molecular complexity index is 865. The number of tetrazole rings is 1. The molecule has 1 aromatic heterocycles. The van der Waals surface area contributed by atoms with Gasteiger partial charge in [0.05, 0.1) is 19.4 Å². The first-order valence-corrected chi connectivity index (χ1v) is 8.48. The molecule has 1 aliphatic rings. The molecule has 0 saturated heterocycles. The fourth-order valence-corrected chi connectivity index (χ4v) is 2.85. The molecule has 1 atom stereocenters. The highest BCUT2D eigenvalue weighted by Crippen LogP contribution is 2.30. The number of hydrazone groups is 1. The molecule has 0 fully saturated rings. The molecule has 1 aromatic carbocycles. The lowest BCUT2D eigenvalue weighted by molar-refractivity contribution is -0.154. The van der Waals surface area contributed by atoms with Crippen molar-refractivity contribution in [3.63, 3.8) is 0 Å². The van der Waals surface area contributed by atoms with E-state index in [2.05, 4.69) is 20.6 Å². The van der Waals surface area contributed by atoms with Crippen LogP contribution in [0.1, 0.15) is 32.5 Å². The van der Waals surface area contributed by atoms with Crippen molar-refractivity contribution in [1.82, 2.24) is 25.2 Å². The average Bonchev–Trinajstić information content (AvgIpc) is 3.18. The van der Waals surface area contributed by atoms with Crippen LogP contribution in [-0.4, -0.2) is 62.2 Å². The number of carbonyl (C=O) groups is 2. The maximum absolute atomic E-state index is 12.4. The molecule has 10 nitrogen and oxygen atoms in total. The van der Waals surface area contributed by atoms with Gasteiger partial charge in [-0.1, -0.05) is 18.2 Å². The number of methoxy groups -OCH3 is 1. The van der Waals surface area contributed by atoms with Crippen LogP contribution in [0.3, 0.4) is 0 Å². The largest absolute Gasteiger partial charge is 0.467 e. The summed E-state index contributed by atoms with van der Waals surface area (Å²) in [6.45, 7) is 3.42. The lowest BCUT2D eigenvalue weighted by Crippen LogP contribution is -2.55. The van der Waals surface area contributed by atoms with Gasteiger partial charge < -0.3 is 9.47 Å². The van der Waals surface area contributed by atoms with Crippen molar-refractivity contribution in [2.24, 2.45) is 5.10 Å². The van der Waals surface area contributed by atoms with Gasteiger partial charge in [-0.05, 0) is 49.2 Å². The van der Waals surface area contributed by atoms with Crippen molar-refractivity contribution >= 4 is 17.8 Å². The Kier molecular flexibility index (Phi) is 5.15. The number of hydrogen-bond donors (Lipinski definition) is 0. The second kappa shape index (κ2) is 7.52. The lowest BCUT2D eigenvalue weighted by atomic mass is 9.91. The van der Waals surface area contributed by atoms with Gasteiger partial charge in [0.15, 0.2) is 5.54 Å². The van der Waals surface area contributed by atoms with E-state index in [0.717, 1.165) is 10.7 Å². The molecule has 0 spiro atoms. The fraction of sp³-hybridized carbons (Fsp3) is 0.412. The van der Waals surface area contributed by atoms with Crippen LogP contribution in [0.2, 0.25) is 0 Å². The minimum absolute atomic E-state index is 0.152. The summed E-state index contributed by atoms with van der Waals surface area (Å²) in [5.74, 6) is -0.177. The van der Waals surface area contributed by atoms with Crippen LogP contribution in [0.5, 0.6) is 0 Å². The third kappa shape index (κ3) is 3.37. The maximum atomic E-state index is 12.4. The summed E-state index contributed by atoms with van der Waals surface area (Å²) in [5, 5.41) is 17.2. The van der Waals surface area contributed by atoms with E-state index in [1.165, 1.54) is 11.8 Å². The summed E-state index contributed by atoms with van der Waals surface area (Å²) in [7, 11) is 1.27. The topological polar surface area (TPSA) is 112 Å². The van der Waals surface area contributed by atoms with Crippen LogP contribution >= 0.6 is 0 Å².